The van der Waals surface area contributed by atoms with E-state index >= 15 is 0 Å². The number of nitrogen functional groups attached to an aromatic ring is 1. The van der Waals surface area contributed by atoms with E-state index in [-0.39, 0.29) is 0 Å². The first kappa shape index (κ1) is 13.1. The third-order valence-electron chi connectivity index (χ3n) is 2.49. The number of anilines is 1. The summed E-state index contributed by atoms with van der Waals surface area (Å²) >= 11 is 5.92. The molecule has 2 aromatic rings. The monoisotopic (exact) mass is 274 g/mol. The van der Waals surface area contributed by atoms with Gasteiger partial charge in [-0.2, -0.15) is 5.26 Å². The topological polar surface area (TPSA) is 68.3 Å². The van der Waals surface area contributed by atoms with Crippen molar-refractivity contribution in [3.05, 3.63) is 47.0 Å². The van der Waals surface area contributed by atoms with Gasteiger partial charge in [0, 0.05) is 6.07 Å². The van der Waals surface area contributed by atoms with Crippen LogP contribution in [0.5, 0.6) is 17.2 Å². The van der Waals surface area contributed by atoms with Gasteiger partial charge in [-0.25, -0.2) is 0 Å². The fourth-order valence-corrected chi connectivity index (χ4v) is 1.71. The lowest BCUT2D eigenvalue weighted by atomic mass is 10.2. The standard InChI is InChI=1S/C14H11ClN2O2/c1-18-10-5-9(8-16)6-11(7-10)19-13-4-2-3-12(15)14(13)17/h2-7H,17H2,1H3. The molecule has 0 spiro atoms. The number of nitrogens with zero attached hydrogens (tertiary/aromatic N) is 1. The molecule has 2 N–H and O–H groups in total. The molecule has 0 unspecified atom stereocenters. The van der Waals surface area contributed by atoms with Crippen LogP contribution in [0.1, 0.15) is 5.56 Å². The highest BCUT2D eigenvalue weighted by Crippen LogP contribution is 2.34. The summed E-state index contributed by atoms with van der Waals surface area (Å²) < 4.78 is 10.7. The maximum absolute atomic E-state index is 8.94. The third kappa shape index (κ3) is 2.90. The van der Waals surface area contributed by atoms with Gasteiger partial charge in [-0.05, 0) is 24.3 Å². The Hall–Kier alpha value is -2.38. The normalized spacial score (nSPS) is 9.74. The zero-order valence-corrected chi connectivity index (χ0v) is 10.9. The molecule has 0 atom stereocenters. The summed E-state index contributed by atoms with van der Waals surface area (Å²) in [6, 6.07) is 12.0. The number of nitriles is 1. The first-order chi connectivity index (χ1) is 9.13. The molecule has 0 aliphatic heterocycles. The van der Waals surface area contributed by atoms with Gasteiger partial charge in [0.05, 0.1) is 29.5 Å². The summed E-state index contributed by atoms with van der Waals surface area (Å²) in [4.78, 5) is 0. The minimum atomic E-state index is 0.352. The Labute approximate surface area is 115 Å². The molecule has 0 saturated carbocycles. The van der Waals surface area contributed by atoms with Gasteiger partial charge in [-0.3, -0.25) is 0 Å². The molecule has 0 aliphatic rings. The van der Waals surface area contributed by atoms with Crippen molar-refractivity contribution in [2.75, 3.05) is 12.8 Å². The molecule has 4 nitrogen and oxygen atoms in total. The van der Waals surface area contributed by atoms with Crippen molar-refractivity contribution in [2.45, 2.75) is 0 Å². The Balaban J connectivity index is 2.38. The van der Waals surface area contributed by atoms with Gasteiger partial charge in [0.1, 0.15) is 11.5 Å². The van der Waals surface area contributed by atoms with Crippen molar-refractivity contribution in [3.63, 3.8) is 0 Å². The summed E-state index contributed by atoms with van der Waals surface area (Å²) in [6.07, 6.45) is 0. The van der Waals surface area contributed by atoms with Gasteiger partial charge in [0.15, 0.2) is 5.75 Å². The molecule has 0 amide bonds. The van der Waals surface area contributed by atoms with Gasteiger partial charge in [-0.15, -0.1) is 0 Å². The Morgan fingerprint density at radius 1 is 1.21 bits per heavy atom. The lowest BCUT2D eigenvalue weighted by Crippen LogP contribution is -1.94. The minimum Gasteiger partial charge on any atom is -0.497 e. The fourth-order valence-electron chi connectivity index (χ4n) is 1.55. The van der Waals surface area contributed by atoms with E-state index in [1.165, 1.54) is 7.11 Å². The minimum absolute atomic E-state index is 0.352. The zero-order valence-electron chi connectivity index (χ0n) is 10.2. The predicted molar refractivity (Wildman–Crippen MR) is 73.6 cm³/mol. The molecule has 0 radical (unpaired) electrons. The molecule has 0 saturated heterocycles. The molecule has 96 valence electrons. The van der Waals surface area contributed by atoms with Crippen LogP contribution in [0.4, 0.5) is 5.69 Å². The Kier molecular flexibility index (Phi) is 3.79. The van der Waals surface area contributed by atoms with Crippen molar-refractivity contribution in [1.82, 2.24) is 0 Å². The Bertz CT molecular complexity index is 650. The van der Waals surface area contributed by atoms with Crippen molar-refractivity contribution < 1.29 is 9.47 Å². The molecule has 0 aromatic heterocycles. The lowest BCUT2D eigenvalue weighted by Gasteiger charge is -2.10. The van der Waals surface area contributed by atoms with E-state index in [9.17, 15) is 0 Å². The molecular formula is C14H11ClN2O2. The van der Waals surface area contributed by atoms with Crippen molar-refractivity contribution in [1.29, 1.82) is 5.26 Å². The second-order valence-corrected chi connectivity index (χ2v) is 4.17. The van der Waals surface area contributed by atoms with Crippen LogP contribution in [0.3, 0.4) is 0 Å². The largest absolute Gasteiger partial charge is 0.497 e. The molecule has 0 bridgehead atoms. The Morgan fingerprint density at radius 2 is 1.95 bits per heavy atom. The molecule has 2 aromatic carbocycles. The van der Waals surface area contributed by atoms with Crippen LogP contribution in [-0.2, 0) is 0 Å². The van der Waals surface area contributed by atoms with Crippen LogP contribution in [-0.4, -0.2) is 7.11 Å². The van der Waals surface area contributed by atoms with Crippen LogP contribution in [0.25, 0.3) is 0 Å². The average molecular weight is 275 g/mol. The smallest absolute Gasteiger partial charge is 0.151 e. The molecular weight excluding hydrogens is 264 g/mol. The third-order valence-corrected chi connectivity index (χ3v) is 2.82. The van der Waals surface area contributed by atoms with E-state index in [1.807, 2.05) is 6.07 Å². The van der Waals surface area contributed by atoms with Crippen molar-refractivity contribution in [3.8, 4) is 23.3 Å². The Morgan fingerprint density at radius 3 is 2.63 bits per heavy atom. The summed E-state index contributed by atoms with van der Waals surface area (Å²) in [6.45, 7) is 0. The highest BCUT2D eigenvalue weighted by atomic mass is 35.5. The first-order valence-corrected chi connectivity index (χ1v) is 5.83. The second-order valence-electron chi connectivity index (χ2n) is 3.76. The number of hydrogen-bond donors (Lipinski definition) is 1. The van der Waals surface area contributed by atoms with Crippen LogP contribution in [0.2, 0.25) is 5.02 Å². The van der Waals surface area contributed by atoms with Crippen LogP contribution in [0, 0.1) is 11.3 Å². The van der Waals surface area contributed by atoms with Crippen LogP contribution in [0.15, 0.2) is 36.4 Å². The number of nitrogens with two attached hydrogens (primary N) is 1. The molecule has 19 heavy (non-hydrogen) atoms. The number of hydrogen-bond acceptors (Lipinski definition) is 4. The van der Waals surface area contributed by atoms with Gasteiger partial charge in [0.25, 0.3) is 0 Å². The van der Waals surface area contributed by atoms with Gasteiger partial charge >= 0.3 is 0 Å². The van der Waals surface area contributed by atoms with Crippen molar-refractivity contribution in [2.24, 2.45) is 0 Å². The van der Waals surface area contributed by atoms with Gasteiger partial charge < -0.3 is 15.2 Å². The molecule has 0 heterocycles. The SMILES string of the molecule is COc1cc(C#N)cc(Oc2cccc(Cl)c2N)c1. The number of methoxy groups -OCH3 is 1. The number of benzene rings is 2. The van der Waals surface area contributed by atoms with E-state index in [0.29, 0.717) is 33.5 Å². The number of para-hydroxylation sites is 1. The summed E-state index contributed by atoms with van der Waals surface area (Å²) in [5.74, 6) is 1.43. The van der Waals surface area contributed by atoms with E-state index < -0.39 is 0 Å². The van der Waals surface area contributed by atoms with E-state index in [4.69, 9.17) is 32.1 Å². The summed E-state index contributed by atoms with van der Waals surface area (Å²) in [5.41, 5.74) is 6.61. The molecule has 0 aliphatic carbocycles. The maximum Gasteiger partial charge on any atom is 0.151 e. The second kappa shape index (κ2) is 5.51. The van der Waals surface area contributed by atoms with Crippen molar-refractivity contribution >= 4 is 17.3 Å². The van der Waals surface area contributed by atoms with Crippen LogP contribution < -0.4 is 15.2 Å². The quantitative estimate of drug-likeness (QED) is 0.869. The number of rotatable bonds is 3. The molecule has 5 heteroatoms. The van der Waals surface area contributed by atoms with Crippen LogP contribution >= 0.6 is 11.6 Å². The fraction of sp³-hybridized carbons (Fsp3) is 0.0714. The predicted octanol–water partition coefficient (Wildman–Crippen LogP) is 3.59. The van der Waals surface area contributed by atoms with Gasteiger partial charge in [0.2, 0.25) is 0 Å². The summed E-state index contributed by atoms with van der Waals surface area (Å²) in [5, 5.41) is 9.36. The first-order valence-electron chi connectivity index (χ1n) is 5.45. The van der Waals surface area contributed by atoms with E-state index in [1.54, 1.807) is 36.4 Å². The highest BCUT2D eigenvalue weighted by Gasteiger charge is 2.07. The lowest BCUT2D eigenvalue weighted by molar-refractivity contribution is 0.409. The highest BCUT2D eigenvalue weighted by molar-refractivity contribution is 6.33. The summed E-state index contributed by atoms with van der Waals surface area (Å²) in [7, 11) is 1.52. The molecule has 0 fully saturated rings. The number of ether oxygens (including phenoxy) is 2. The molecule has 2 rings (SSSR count). The zero-order chi connectivity index (χ0) is 13.8. The van der Waals surface area contributed by atoms with E-state index in [0.717, 1.165) is 0 Å². The maximum atomic E-state index is 8.94. The number of halogens is 1. The van der Waals surface area contributed by atoms with E-state index in [2.05, 4.69) is 0 Å². The van der Waals surface area contributed by atoms with Gasteiger partial charge in [-0.1, -0.05) is 17.7 Å². The average Bonchev–Trinajstić information content (AvgIpc) is 2.43.